The second-order valence-corrected chi connectivity index (χ2v) is 5.01. The normalized spacial score (nSPS) is 10.3. The van der Waals surface area contributed by atoms with Gasteiger partial charge in [0.05, 0.1) is 17.8 Å². The largest absolute Gasteiger partial charge is 0.507 e. The third kappa shape index (κ3) is 3.91. The Balaban J connectivity index is 2.04. The van der Waals surface area contributed by atoms with Crippen LogP contribution in [0.15, 0.2) is 52.0 Å². The summed E-state index contributed by atoms with van der Waals surface area (Å²) in [5.74, 6) is -0.334. The third-order valence-corrected chi connectivity index (χ3v) is 3.13. The van der Waals surface area contributed by atoms with Crippen LogP contribution < -0.4 is 5.43 Å². The van der Waals surface area contributed by atoms with E-state index in [2.05, 4.69) is 26.5 Å². The van der Waals surface area contributed by atoms with Crippen LogP contribution in [0.2, 0.25) is 0 Å². The molecule has 0 fully saturated rings. The van der Waals surface area contributed by atoms with Crippen LogP contribution in [0, 0.1) is 11.3 Å². The minimum Gasteiger partial charge on any atom is -0.507 e. The maximum Gasteiger partial charge on any atom is 0.271 e. The van der Waals surface area contributed by atoms with Crippen molar-refractivity contribution >= 4 is 28.1 Å². The number of hydrazone groups is 1. The zero-order chi connectivity index (χ0) is 15.2. The summed E-state index contributed by atoms with van der Waals surface area (Å²) in [6, 6.07) is 13.1. The minimum absolute atomic E-state index is 0.0644. The average Bonchev–Trinajstić information content (AvgIpc) is 2.50. The van der Waals surface area contributed by atoms with Gasteiger partial charge >= 0.3 is 0 Å². The summed E-state index contributed by atoms with van der Waals surface area (Å²) in [6.07, 6.45) is 1.35. The standard InChI is InChI=1S/C15H10BrN3O2/c16-13-5-6-14(20)12(7-13)9-18-19-15(21)11-3-1-10(8-17)2-4-11/h1-7,9,20H,(H,19,21)/b18-9+. The number of rotatable bonds is 3. The lowest BCUT2D eigenvalue weighted by Gasteiger charge is -2.01. The van der Waals surface area contributed by atoms with Gasteiger partial charge in [0.2, 0.25) is 0 Å². The first-order valence-electron chi connectivity index (χ1n) is 5.92. The molecule has 1 amide bonds. The molecular weight excluding hydrogens is 334 g/mol. The Labute approximate surface area is 129 Å². The van der Waals surface area contributed by atoms with E-state index in [0.29, 0.717) is 16.7 Å². The Kier molecular flexibility index (Phi) is 4.69. The highest BCUT2D eigenvalue weighted by Crippen LogP contribution is 2.19. The number of nitrogens with zero attached hydrogens (tertiary/aromatic N) is 2. The Morgan fingerprint density at radius 1 is 1.29 bits per heavy atom. The van der Waals surface area contributed by atoms with Gasteiger partial charge in [-0.2, -0.15) is 10.4 Å². The summed E-state index contributed by atoms with van der Waals surface area (Å²) < 4.78 is 0.792. The molecule has 0 radical (unpaired) electrons. The molecule has 0 aliphatic rings. The molecule has 0 saturated carbocycles. The van der Waals surface area contributed by atoms with E-state index >= 15 is 0 Å². The highest BCUT2D eigenvalue weighted by molar-refractivity contribution is 9.10. The van der Waals surface area contributed by atoms with Crippen molar-refractivity contribution < 1.29 is 9.90 Å². The molecule has 2 rings (SSSR count). The van der Waals surface area contributed by atoms with Gasteiger partial charge in [-0.3, -0.25) is 4.79 Å². The number of benzene rings is 2. The van der Waals surface area contributed by atoms with E-state index < -0.39 is 5.91 Å². The smallest absolute Gasteiger partial charge is 0.271 e. The number of hydrogen-bond donors (Lipinski definition) is 2. The summed E-state index contributed by atoms with van der Waals surface area (Å²) in [4.78, 5) is 11.8. The molecule has 6 heteroatoms. The average molecular weight is 344 g/mol. The van der Waals surface area contributed by atoms with Crippen LogP contribution in [0.25, 0.3) is 0 Å². The second kappa shape index (κ2) is 6.68. The van der Waals surface area contributed by atoms with Gasteiger partial charge in [0.25, 0.3) is 5.91 Å². The fraction of sp³-hybridized carbons (Fsp3) is 0. The van der Waals surface area contributed by atoms with Crippen molar-refractivity contribution in [2.75, 3.05) is 0 Å². The summed E-state index contributed by atoms with van der Waals surface area (Å²) >= 11 is 3.28. The highest BCUT2D eigenvalue weighted by atomic mass is 79.9. The van der Waals surface area contributed by atoms with Gasteiger partial charge in [-0.1, -0.05) is 15.9 Å². The Morgan fingerprint density at radius 2 is 2.00 bits per heavy atom. The van der Waals surface area contributed by atoms with Crippen molar-refractivity contribution in [2.45, 2.75) is 0 Å². The van der Waals surface area contributed by atoms with Crippen LogP contribution in [-0.4, -0.2) is 17.2 Å². The number of halogens is 1. The number of carbonyl (C=O) groups excluding carboxylic acids is 1. The van der Waals surface area contributed by atoms with E-state index in [0.717, 1.165) is 4.47 Å². The van der Waals surface area contributed by atoms with Crippen molar-refractivity contribution in [3.05, 3.63) is 63.6 Å². The van der Waals surface area contributed by atoms with Gasteiger partial charge in [-0.25, -0.2) is 5.43 Å². The number of carbonyl (C=O) groups is 1. The molecule has 21 heavy (non-hydrogen) atoms. The molecule has 2 aromatic rings. The van der Waals surface area contributed by atoms with Crippen LogP contribution >= 0.6 is 15.9 Å². The maximum atomic E-state index is 11.8. The molecule has 0 spiro atoms. The number of hydrogen-bond acceptors (Lipinski definition) is 4. The molecule has 0 heterocycles. The lowest BCUT2D eigenvalue weighted by atomic mass is 10.1. The molecule has 0 aliphatic carbocycles. The molecule has 0 unspecified atom stereocenters. The van der Waals surface area contributed by atoms with Crippen LogP contribution in [0.1, 0.15) is 21.5 Å². The van der Waals surface area contributed by atoms with Crippen LogP contribution in [0.5, 0.6) is 5.75 Å². The van der Waals surface area contributed by atoms with E-state index in [4.69, 9.17) is 5.26 Å². The third-order valence-electron chi connectivity index (χ3n) is 2.64. The molecule has 5 nitrogen and oxygen atoms in total. The van der Waals surface area contributed by atoms with E-state index in [1.807, 2.05) is 6.07 Å². The first kappa shape index (κ1) is 14.8. The van der Waals surface area contributed by atoms with Crippen molar-refractivity contribution in [1.82, 2.24) is 5.43 Å². The van der Waals surface area contributed by atoms with E-state index in [-0.39, 0.29) is 5.75 Å². The van der Waals surface area contributed by atoms with E-state index in [1.165, 1.54) is 12.3 Å². The Hall–Kier alpha value is -2.65. The highest BCUT2D eigenvalue weighted by Gasteiger charge is 2.04. The van der Waals surface area contributed by atoms with Gasteiger partial charge in [0.15, 0.2) is 0 Å². The van der Waals surface area contributed by atoms with Crippen LogP contribution in [0.3, 0.4) is 0 Å². The quantitative estimate of drug-likeness (QED) is 0.663. The fourth-order valence-corrected chi connectivity index (χ4v) is 1.93. The SMILES string of the molecule is N#Cc1ccc(C(=O)N/N=C/c2cc(Br)ccc2O)cc1. The zero-order valence-electron chi connectivity index (χ0n) is 10.7. The number of amides is 1. The summed E-state index contributed by atoms with van der Waals surface area (Å²) in [5.41, 5.74) is 3.70. The molecule has 0 aliphatic heterocycles. The molecule has 0 aromatic heterocycles. The predicted octanol–water partition coefficient (Wildman–Crippen LogP) is 2.79. The maximum absolute atomic E-state index is 11.8. The molecule has 2 aromatic carbocycles. The van der Waals surface area contributed by atoms with E-state index in [9.17, 15) is 9.90 Å². The summed E-state index contributed by atoms with van der Waals surface area (Å²) in [6.45, 7) is 0. The Bertz CT molecular complexity index is 734. The first-order valence-corrected chi connectivity index (χ1v) is 6.71. The second-order valence-electron chi connectivity index (χ2n) is 4.09. The fourth-order valence-electron chi connectivity index (χ4n) is 1.55. The van der Waals surface area contributed by atoms with Gasteiger partial charge < -0.3 is 5.11 Å². The summed E-state index contributed by atoms with van der Waals surface area (Å²) in [5, 5.41) is 22.1. The molecule has 0 saturated heterocycles. The van der Waals surface area contributed by atoms with Gasteiger partial charge in [0, 0.05) is 15.6 Å². The first-order chi connectivity index (χ1) is 10.1. The number of aromatic hydroxyl groups is 1. The lowest BCUT2D eigenvalue weighted by Crippen LogP contribution is -2.17. The van der Waals surface area contributed by atoms with Crippen molar-refractivity contribution in [3.8, 4) is 11.8 Å². The minimum atomic E-state index is -0.398. The monoisotopic (exact) mass is 343 g/mol. The topological polar surface area (TPSA) is 85.5 Å². The number of phenolic OH excluding ortho intramolecular Hbond substituents is 1. The van der Waals surface area contributed by atoms with Crippen LogP contribution in [0.4, 0.5) is 0 Å². The van der Waals surface area contributed by atoms with Gasteiger partial charge in [-0.05, 0) is 42.5 Å². The van der Waals surface area contributed by atoms with Crippen molar-refractivity contribution in [1.29, 1.82) is 5.26 Å². The van der Waals surface area contributed by atoms with Gasteiger partial charge in [-0.15, -0.1) is 0 Å². The molecule has 0 atom stereocenters. The van der Waals surface area contributed by atoms with Crippen molar-refractivity contribution in [3.63, 3.8) is 0 Å². The number of phenols is 1. The summed E-state index contributed by atoms with van der Waals surface area (Å²) in [7, 11) is 0. The molecule has 2 N–H and O–H groups in total. The molecular formula is C15H10BrN3O2. The number of nitriles is 1. The van der Waals surface area contributed by atoms with Gasteiger partial charge in [0.1, 0.15) is 5.75 Å². The molecule has 0 bridgehead atoms. The number of nitrogens with one attached hydrogen (secondary N) is 1. The van der Waals surface area contributed by atoms with Crippen LogP contribution in [-0.2, 0) is 0 Å². The lowest BCUT2D eigenvalue weighted by molar-refractivity contribution is 0.0955. The zero-order valence-corrected chi connectivity index (χ0v) is 12.3. The molecule has 104 valence electrons. The van der Waals surface area contributed by atoms with Crippen molar-refractivity contribution in [2.24, 2.45) is 5.10 Å². The van der Waals surface area contributed by atoms with E-state index in [1.54, 1.807) is 36.4 Å². The predicted molar refractivity (Wildman–Crippen MR) is 82.0 cm³/mol. The Morgan fingerprint density at radius 3 is 2.67 bits per heavy atom.